The van der Waals surface area contributed by atoms with Crippen LogP contribution in [0.25, 0.3) is 0 Å². The molecule has 0 amide bonds. The molecule has 0 saturated heterocycles. The zero-order valence-electron chi connectivity index (χ0n) is 13.8. The molecule has 2 nitrogen and oxygen atoms in total. The standard InChI is InChI=1S/C18H28BrNO/c1-5-9-20-17-12-18(3,4)8-7-14-15(17)10-13(21-6-2)11-16(14)19/h10-11,17,20H,5-9,12H2,1-4H3. The second kappa shape index (κ2) is 7.15. The maximum absolute atomic E-state index is 5.74. The summed E-state index contributed by atoms with van der Waals surface area (Å²) < 4.78 is 6.94. The molecule has 0 heterocycles. The first-order valence-electron chi connectivity index (χ1n) is 8.15. The Hall–Kier alpha value is -0.540. The van der Waals surface area contributed by atoms with Crippen molar-refractivity contribution in [3.8, 4) is 5.75 Å². The normalized spacial score (nSPS) is 20.7. The third kappa shape index (κ3) is 4.23. The lowest BCUT2D eigenvalue weighted by Gasteiger charge is -2.28. The first-order valence-corrected chi connectivity index (χ1v) is 8.94. The minimum Gasteiger partial charge on any atom is -0.494 e. The van der Waals surface area contributed by atoms with Crippen LogP contribution in [-0.2, 0) is 6.42 Å². The third-order valence-electron chi connectivity index (χ3n) is 4.34. The van der Waals surface area contributed by atoms with E-state index >= 15 is 0 Å². The molecule has 1 aromatic carbocycles. The Kier molecular flexibility index (Phi) is 5.73. The van der Waals surface area contributed by atoms with Gasteiger partial charge in [-0.3, -0.25) is 0 Å². The molecular formula is C18H28BrNO. The van der Waals surface area contributed by atoms with E-state index in [0.717, 1.165) is 18.7 Å². The lowest BCUT2D eigenvalue weighted by Crippen LogP contribution is -2.26. The molecule has 0 radical (unpaired) electrons. The van der Waals surface area contributed by atoms with Crippen LogP contribution < -0.4 is 10.1 Å². The Labute approximate surface area is 137 Å². The van der Waals surface area contributed by atoms with Gasteiger partial charge in [-0.05, 0) is 67.8 Å². The Morgan fingerprint density at radius 3 is 2.76 bits per heavy atom. The van der Waals surface area contributed by atoms with Gasteiger partial charge in [0, 0.05) is 10.5 Å². The fourth-order valence-corrected chi connectivity index (χ4v) is 3.84. The third-order valence-corrected chi connectivity index (χ3v) is 5.05. The number of hydrogen-bond donors (Lipinski definition) is 1. The molecule has 1 aliphatic carbocycles. The van der Waals surface area contributed by atoms with Crippen LogP contribution in [0.15, 0.2) is 16.6 Å². The topological polar surface area (TPSA) is 21.3 Å². The molecule has 0 bridgehead atoms. The zero-order valence-corrected chi connectivity index (χ0v) is 15.3. The van der Waals surface area contributed by atoms with E-state index in [1.807, 2.05) is 6.92 Å². The molecule has 1 aliphatic rings. The second-order valence-electron chi connectivity index (χ2n) is 6.78. The van der Waals surface area contributed by atoms with Gasteiger partial charge < -0.3 is 10.1 Å². The largest absolute Gasteiger partial charge is 0.494 e. The van der Waals surface area contributed by atoms with Crippen molar-refractivity contribution in [3.63, 3.8) is 0 Å². The Morgan fingerprint density at radius 2 is 2.10 bits per heavy atom. The van der Waals surface area contributed by atoms with Gasteiger partial charge in [-0.2, -0.15) is 0 Å². The number of fused-ring (bicyclic) bond motifs is 1. The maximum atomic E-state index is 5.74. The molecule has 0 aromatic heterocycles. The molecule has 3 heteroatoms. The van der Waals surface area contributed by atoms with E-state index < -0.39 is 0 Å². The van der Waals surface area contributed by atoms with E-state index in [9.17, 15) is 0 Å². The predicted octanol–water partition coefficient (Wildman–Crippen LogP) is 5.25. The summed E-state index contributed by atoms with van der Waals surface area (Å²) in [5.41, 5.74) is 3.25. The molecular weight excluding hydrogens is 326 g/mol. The van der Waals surface area contributed by atoms with Gasteiger partial charge in [0.25, 0.3) is 0 Å². The second-order valence-corrected chi connectivity index (χ2v) is 7.64. The Morgan fingerprint density at radius 1 is 1.33 bits per heavy atom. The highest BCUT2D eigenvalue weighted by molar-refractivity contribution is 9.10. The lowest BCUT2D eigenvalue weighted by molar-refractivity contribution is 0.273. The fourth-order valence-electron chi connectivity index (χ4n) is 3.19. The zero-order chi connectivity index (χ0) is 15.5. The highest BCUT2D eigenvalue weighted by Crippen LogP contribution is 2.43. The first-order chi connectivity index (χ1) is 9.96. The van der Waals surface area contributed by atoms with Crippen LogP contribution >= 0.6 is 15.9 Å². The van der Waals surface area contributed by atoms with Crippen LogP contribution in [0.4, 0.5) is 0 Å². The summed E-state index contributed by atoms with van der Waals surface area (Å²) in [6.45, 7) is 10.8. The minimum absolute atomic E-state index is 0.371. The molecule has 21 heavy (non-hydrogen) atoms. The van der Waals surface area contributed by atoms with E-state index in [2.05, 4.69) is 54.2 Å². The van der Waals surface area contributed by atoms with Crippen LogP contribution in [0.3, 0.4) is 0 Å². The molecule has 1 unspecified atom stereocenters. The van der Waals surface area contributed by atoms with E-state index in [4.69, 9.17) is 4.74 Å². The number of benzene rings is 1. The summed E-state index contributed by atoms with van der Waals surface area (Å²) in [4.78, 5) is 0. The minimum atomic E-state index is 0.371. The average Bonchev–Trinajstić information content (AvgIpc) is 2.54. The van der Waals surface area contributed by atoms with Crippen LogP contribution in [0.5, 0.6) is 5.75 Å². The quantitative estimate of drug-likeness (QED) is 0.729. The van der Waals surface area contributed by atoms with Crippen molar-refractivity contribution >= 4 is 15.9 Å². The van der Waals surface area contributed by atoms with Crippen molar-refractivity contribution in [1.82, 2.24) is 5.32 Å². The van der Waals surface area contributed by atoms with Crippen molar-refractivity contribution in [2.75, 3.05) is 13.2 Å². The molecule has 1 N–H and O–H groups in total. The smallest absolute Gasteiger partial charge is 0.120 e. The highest BCUT2D eigenvalue weighted by atomic mass is 79.9. The summed E-state index contributed by atoms with van der Waals surface area (Å²) in [5, 5.41) is 3.74. The van der Waals surface area contributed by atoms with E-state index in [0.29, 0.717) is 18.1 Å². The highest BCUT2D eigenvalue weighted by Gasteiger charge is 2.30. The molecule has 118 valence electrons. The lowest BCUT2D eigenvalue weighted by atomic mass is 9.83. The molecule has 0 spiro atoms. The summed E-state index contributed by atoms with van der Waals surface area (Å²) >= 11 is 3.76. The van der Waals surface area contributed by atoms with Gasteiger partial charge in [0.1, 0.15) is 5.75 Å². The van der Waals surface area contributed by atoms with Crippen LogP contribution in [0, 0.1) is 5.41 Å². The van der Waals surface area contributed by atoms with Crippen molar-refractivity contribution < 1.29 is 4.74 Å². The number of hydrogen-bond acceptors (Lipinski definition) is 2. The van der Waals surface area contributed by atoms with Crippen molar-refractivity contribution in [1.29, 1.82) is 0 Å². The van der Waals surface area contributed by atoms with Crippen molar-refractivity contribution in [2.24, 2.45) is 5.41 Å². The van der Waals surface area contributed by atoms with Crippen LogP contribution in [0.2, 0.25) is 0 Å². The summed E-state index contributed by atoms with van der Waals surface area (Å²) in [7, 11) is 0. The number of rotatable bonds is 5. The van der Waals surface area contributed by atoms with Gasteiger partial charge in [-0.15, -0.1) is 0 Å². The molecule has 0 fully saturated rings. The van der Waals surface area contributed by atoms with Gasteiger partial charge in [0.05, 0.1) is 6.61 Å². The summed E-state index contributed by atoms with van der Waals surface area (Å²) in [6.07, 6.45) is 4.72. The Bertz CT molecular complexity index is 484. The van der Waals surface area contributed by atoms with Gasteiger partial charge >= 0.3 is 0 Å². The summed E-state index contributed by atoms with van der Waals surface area (Å²) in [6, 6.07) is 4.80. The van der Waals surface area contributed by atoms with Gasteiger partial charge in [0.2, 0.25) is 0 Å². The van der Waals surface area contributed by atoms with E-state index in [-0.39, 0.29) is 0 Å². The number of ether oxygens (including phenoxy) is 1. The number of halogens is 1. The molecule has 1 atom stereocenters. The van der Waals surface area contributed by atoms with Gasteiger partial charge in [-0.25, -0.2) is 0 Å². The molecule has 1 aromatic rings. The van der Waals surface area contributed by atoms with Crippen LogP contribution in [0.1, 0.15) is 64.1 Å². The average molecular weight is 354 g/mol. The van der Waals surface area contributed by atoms with E-state index in [1.165, 1.54) is 34.9 Å². The van der Waals surface area contributed by atoms with Gasteiger partial charge in [-0.1, -0.05) is 36.7 Å². The Balaban J connectivity index is 2.40. The predicted molar refractivity (Wildman–Crippen MR) is 93.1 cm³/mol. The van der Waals surface area contributed by atoms with Crippen molar-refractivity contribution in [3.05, 3.63) is 27.7 Å². The van der Waals surface area contributed by atoms with Crippen molar-refractivity contribution in [2.45, 2.75) is 59.4 Å². The van der Waals surface area contributed by atoms with Crippen LogP contribution in [-0.4, -0.2) is 13.2 Å². The number of nitrogens with one attached hydrogen (secondary N) is 1. The molecule has 0 aliphatic heterocycles. The first kappa shape index (κ1) is 16.8. The monoisotopic (exact) mass is 353 g/mol. The van der Waals surface area contributed by atoms with E-state index in [1.54, 1.807) is 0 Å². The molecule has 0 saturated carbocycles. The SMILES string of the molecule is CCCNC1CC(C)(C)CCc2c(Br)cc(OCC)cc21. The summed E-state index contributed by atoms with van der Waals surface area (Å²) in [5.74, 6) is 0.978. The van der Waals surface area contributed by atoms with Gasteiger partial charge in [0.15, 0.2) is 0 Å². The maximum Gasteiger partial charge on any atom is 0.120 e. The fraction of sp³-hybridized carbons (Fsp3) is 0.667. The molecule has 2 rings (SSSR count).